The van der Waals surface area contributed by atoms with Crippen molar-refractivity contribution in [2.24, 2.45) is 5.73 Å². The first kappa shape index (κ1) is 21.9. The summed E-state index contributed by atoms with van der Waals surface area (Å²) in [5.74, 6) is -0.161. The Labute approximate surface area is 191 Å². The van der Waals surface area contributed by atoms with Crippen LogP contribution < -0.4 is 20.1 Å². The Morgan fingerprint density at radius 3 is 2.55 bits per heavy atom. The van der Waals surface area contributed by atoms with Gasteiger partial charge in [-0.05, 0) is 35.4 Å². The third-order valence-corrected chi connectivity index (χ3v) is 5.07. The van der Waals surface area contributed by atoms with Crippen LogP contribution in [0.2, 0.25) is 0 Å². The maximum absolute atomic E-state index is 12.6. The number of amides is 1. The second kappa shape index (κ2) is 9.44. The van der Waals surface area contributed by atoms with E-state index >= 15 is 0 Å². The quantitative estimate of drug-likeness (QED) is 0.246. The lowest BCUT2D eigenvalue weighted by Gasteiger charge is -2.19. The summed E-state index contributed by atoms with van der Waals surface area (Å²) in [6.07, 6.45) is -1.14. The summed E-state index contributed by atoms with van der Waals surface area (Å²) >= 11 is 0. The van der Waals surface area contributed by atoms with Crippen molar-refractivity contribution < 1.29 is 23.8 Å². The summed E-state index contributed by atoms with van der Waals surface area (Å²) in [4.78, 5) is 25.5. The number of para-hydroxylation sites is 1. The second-order valence-corrected chi connectivity index (χ2v) is 7.48. The summed E-state index contributed by atoms with van der Waals surface area (Å²) in [5, 5.41) is 7.75. The van der Waals surface area contributed by atoms with E-state index in [-0.39, 0.29) is 30.3 Å². The predicted molar refractivity (Wildman–Crippen MR) is 124 cm³/mol. The van der Waals surface area contributed by atoms with Gasteiger partial charge in [-0.25, -0.2) is 4.79 Å². The van der Waals surface area contributed by atoms with E-state index in [1.807, 2.05) is 54.6 Å². The van der Waals surface area contributed by atoms with E-state index in [0.717, 1.165) is 11.1 Å². The molecular formula is C25H23N3O5. The van der Waals surface area contributed by atoms with Gasteiger partial charge >= 0.3 is 12.1 Å². The van der Waals surface area contributed by atoms with Gasteiger partial charge in [0.05, 0.1) is 17.8 Å². The molecule has 8 nitrogen and oxygen atoms in total. The molecule has 4 rings (SSSR count). The Kier molecular flexibility index (Phi) is 6.26. The molecule has 3 N–H and O–H groups in total. The standard InChI is InChI=1S/C25H23N3O5/c1-16(29)32-23-21(24(26)27)11-6-12-22(23)28-14-20(33-25(28)30)15-31-19-10-5-9-18(13-19)17-7-3-2-4-8-17/h2-13,20H,14-15H2,1H3,(H3,26,27). The molecule has 33 heavy (non-hydrogen) atoms. The van der Waals surface area contributed by atoms with Gasteiger partial charge in [0.1, 0.15) is 18.2 Å². The molecule has 0 radical (unpaired) electrons. The second-order valence-electron chi connectivity index (χ2n) is 7.48. The molecule has 1 atom stereocenters. The highest BCUT2D eigenvalue weighted by atomic mass is 16.6. The maximum atomic E-state index is 12.6. The maximum Gasteiger partial charge on any atom is 0.415 e. The number of cyclic esters (lactones) is 1. The first-order valence-corrected chi connectivity index (χ1v) is 10.3. The zero-order valence-electron chi connectivity index (χ0n) is 18.0. The fourth-order valence-electron chi connectivity index (χ4n) is 3.59. The number of amidine groups is 1. The Bertz CT molecular complexity index is 1200. The van der Waals surface area contributed by atoms with E-state index in [4.69, 9.17) is 25.4 Å². The van der Waals surface area contributed by atoms with Crippen LogP contribution in [0.15, 0.2) is 72.8 Å². The molecule has 1 saturated heterocycles. The molecule has 1 aliphatic rings. The molecule has 0 bridgehead atoms. The van der Waals surface area contributed by atoms with Crippen LogP contribution in [0.4, 0.5) is 10.5 Å². The number of rotatable bonds is 7. The lowest BCUT2D eigenvalue weighted by Crippen LogP contribution is -2.28. The van der Waals surface area contributed by atoms with Gasteiger partial charge in [-0.15, -0.1) is 0 Å². The van der Waals surface area contributed by atoms with Crippen LogP contribution in [-0.2, 0) is 9.53 Å². The number of hydrogen-bond acceptors (Lipinski definition) is 6. The van der Waals surface area contributed by atoms with Gasteiger partial charge in [-0.2, -0.15) is 0 Å². The van der Waals surface area contributed by atoms with Gasteiger partial charge < -0.3 is 19.9 Å². The zero-order valence-corrected chi connectivity index (χ0v) is 18.0. The van der Waals surface area contributed by atoms with Gasteiger partial charge in [0.25, 0.3) is 0 Å². The third-order valence-electron chi connectivity index (χ3n) is 5.07. The van der Waals surface area contributed by atoms with Gasteiger partial charge in [-0.3, -0.25) is 15.1 Å². The van der Waals surface area contributed by atoms with Crippen molar-refractivity contribution in [2.45, 2.75) is 13.0 Å². The minimum atomic E-state index is -0.601. The van der Waals surface area contributed by atoms with Gasteiger partial charge in [0.2, 0.25) is 0 Å². The van der Waals surface area contributed by atoms with Crippen LogP contribution in [0, 0.1) is 5.41 Å². The highest BCUT2D eigenvalue weighted by molar-refractivity contribution is 6.02. The molecule has 1 unspecified atom stereocenters. The molecule has 8 heteroatoms. The normalized spacial score (nSPS) is 15.1. The van der Waals surface area contributed by atoms with Crippen molar-refractivity contribution in [2.75, 3.05) is 18.1 Å². The van der Waals surface area contributed by atoms with Crippen molar-refractivity contribution >= 4 is 23.6 Å². The molecule has 0 aliphatic carbocycles. The topological polar surface area (TPSA) is 115 Å². The van der Waals surface area contributed by atoms with Crippen molar-refractivity contribution in [1.82, 2.24) is 0 Å². The first-order chi connectivity index (χ1) is 15.9. The molecule has 1 heterocycles. The van der Waals surface area contributed by atoms with E-state index in [1.165, 1.54) is 11.8 Å². The van der Waals surface area contributed by atoms with Crippen LogP contribution in [0.5, 0.6) is 11.5 Å². The Hall–Kier alpha value is -4.33. The van der Waals surface area contributed by atoms with Crippen molar-refractivity contribution in [1.29, 1.82) is 5.41 Å². The smallest absolute Gasteiger partial charge is 0.415 e. The molecular weight excluding hydrogens is 422 g/mol. The number of hydrogen-bond donors (Lipinski definition) is 2. The van der Waals surface area contributed by atoms with Gasteiger partial charge in [-0.1, -0.05) is 48.5 Å². The van der Waals surface area contributed by atoms with Crippen LogP contribution in [0.1, 0.15) is 12.5 Å². The number of nitrogen functional groups attached to an aromatic ring is 1. The van der Waals surface area contributed by atoms with Crippen molar-refractivity contribution in [3.05, 3.63) is 78.4 Å². The number of anilines is 1. The minimum absolute atomic E-state index is 0.0478. The molecule has 0 spiro atoms. The molecule has 3 aromatic carbocycles. The van der Waals surface area contributed by atoms with Crippen molar-refractivity contribution in [3.63, 3.8) is 0 Å². The molecule has 1 fully saturated rings. The van der Waals surface area contributed by atoms with Crippen LogP contribution in [0.3, 0.4) is 0 Å². The van der Waals surface area contributed by atoms with E-state index in [2.05, 4.69) is 0 Å². The summed E-state index contributed by atoms with van der Waals surface area (Å²) in [6, 6.07) is 22.4. The molecule has 3 aromatic rings. The number of esters is 1. The number of carbonyl (C=O) groups is 2. The molecule has 168 valence electrons. The summed E-state index contributed by atoms with van der Waals surface area (Å²) < 4.78 is 16.6. The van der Waals surface area contributed by atoms with Crippen LogP contribution in [0.25, 0.3) is 11.1 Å². The van der Waals surface area contributed by atoms with E-state index in [1.54, 1.807) is 18.2 Å². The molecule has 0 aromatic heterocycles. The zero-order chi connectivity index (χ0) is 23.4. The number of carbonyl (C=O) groups excluding carboxylic acids is 2. The van der Waals surface area contributed by atoms with Crippen molar-refractivity contribution in [3.8, 4) is 22.6 Å². The Balaban J connectivity index is 1.48. The SMILES string of the molecule is CC(=O)Oc1c(C(=N)N)cccc1N1CC(COc2cccc(-c3ccccc3)c2)OC1=O. The molecule has 0 saturated carbocycles. The lowest BCUT2D eigenvalue weighted by molar-refractivity contribution is -0.131. The lowest BCUT2D eigenvalue weighted by atomic mass is 10.1. The number of nitrogens with one attached hydrogen (secondary N) is 1. The van der Waals surface area contributed by atoms with Gasteiger partial charge in [0, 0.05) is 6.92 Å². The minimum Gasteiger partial charge on any atom is -0.490 e. The number of ether oxygens (including phenoxy) is 3. The summed E-state index contributed by atoms with van der Waals surface area (Å²) in [7, 11) is 0. The number of nitrogens with two attached hydrogens (primary N) is 1. The monoisotopic (exact) mass is 445 g/mol. The average Bonchev–Trinajstić information content (AvgIpc) is 3.18. The largest absolute Gasteiger partial charge is 0.490 e. The van der Waals surface area contributed by atoms with Gasteiger partial charge in [0.15, 0.2) is 11.9 Å². The third kappa shape index (κ3) is 4.95. The highest BCUT2D eigenvalue weighted by Gasteiger charge is 2.35. The van der Waals surface area contributed by atoms with E-state index in [9.17, 15) is 9.59 Å². The number of nitrogens with zero attached hydrogens (tertiary/aromatic N) is 1. The number of benzene rings is 3. The Morgan fingerprint density at radius 1 is 1.09 bits per heavy atom. The van der Waals surface area contributed by atoms with Crippen LogP contribution >= 0.6 is 0 Å². The van der Waals surface area contributed by atoms with E-state index < -0.39 is 18.2 Å². The summed E-state index contributed by atoms with van der Waals surface area (Å²) in [5.41, 5.74) is 8.23. The fraction of sp³-hybridized carbons (Fsp3) is 0.160. The average molecular weight is 445 g/mol. The van der Waals surface area contributed by atoms with Crippen LogP contribution in [-0.4, -0.2) is 37.2 Å². The highest BCUT2D eigenvalue weighted by Crippen LogP contribution is 2.35. The fourth-order valence-corrected chi connectivity index (χ4v) is 3.59. The van der Waals surface area contributed by atoms with E-state index in [0.29, 0.717) is 11.4 Å². The Morgan fingerprint density at radius 2 is 1.82 bits per heavy atom. The summed E-state index contributed by atoms with van der Waals surface area (Å²) in [6.45, 7) is 1.58. The first-order valence-electron chi connectivity index (χ1n) is 10.3. The predicted octanol–water partition coefficient (Wildman–Crippen LogP) is 3.97. The molecule has 1 amide bonds. The molecule has 1 aliphatic heterocycles.